The summed E-state index contributed by atoms with van der Waals surface area (Å²) in [5, 5.41) is 7.14. The Kier molecular flexibility index (Phi) is 15.7. The van der Waals surface area contributed by atoms with Gasteiger partial charge < -0.3 is 19.6 Å². The second kappa shape index (κ2) is 25.6. The van der Waals surface area contributed by atoms with Gasteiger partial charge >= 0.3 is 0 Å². The van der Waals surface area contributed by atoms with Crippen molar-refractivity contribution in [3.8, 4) is 11.1 Å². The van der Waals surface area contributed by atoms with E-state index in [1.54, 1.807) is 0 Å². The summed E-state index contributed by atoms with van der Waals surface area (Å²) in [4.78, 5) is 9.67. The maximum atomic E-state index is 2.46. The standard InChI is InChI=1S/C91H70N4/c1-91-62-15-14-33-86(91)90(37-19-63-91)95(76-48-40-69(41-49-76)65-67-22-6-3-7-23-67)82-60-58-81(59-61-82)94(89-36-18-29-74-26-10-13-32-85(74)89)78-52-44-71(45-53-78)70-42-50-77(51-43-70)93(88-35-17-28-73-25-9-12-31-84(73)88)80-56-54-79(55-57-80)92(87-34-16-27-72-24-8-11-30-83(72)87)75-46-38-68(39-47-75)64-66-20-4-2-5-21-66/h2-63,86H,64-65H2,1H3. The average molecular weight is 1220 g/mol. The van der Waals surface area contributed by atoms with Gasteiger partial charge in [-0.05, 0) is 184 Å². The third-order valence-corrected chi connectivity index (χ3v) is 19.1. The minimum absolute atomic E-state index is 0.142. The third-order valence-electron chi connectivity index (χ3n) is 19.1. The van der Waals surface area contributed by atoms with Crippen molar-refractivity contribution in [1.29, 1.82) is 0 Å². The second-order valence-electron chi connectivity index (χ2n) is 25.2. The predicted octanol–water partition coefficient (Wildman–Crippen LogP) is 24.7. The van der Waals surface area contributed by atoms with Crippen LogP contribution in [0.3, 0.4) is 0 Å². The van der Waals surface area contributed by atoms with E-state index in [-0.39, 0.29) is 11.3 Å². The first kappa shape index (κ1) is 58.1. The van der Waals surface area contributed by atoms with Crippen LogP contribution in [0, 0.1) is 11.3 Å². The van der Waals surface area contributed by atoms with E-state index in [0.29, 0.717) is 0 Å². The van der Waals surface area contributed by atoms with Crippen LogP contribution in [0.15, 0.2) is 382 Å². The molecule has 0 saturated carbocycles. The fraction of sp³-hybridized carbons (Fsp3) is 0.0549. The Morgan fingerprint density at radius 3 is 0.937 bits per heavy atom. The molecular formula is C91H70N4. The molecule has 454 valence electrons. The Balaban J connectivity index is 0.731. The van der Waals surface area contributed by atoms with Crippen molar-refractivity contribution in [3.63, 3.8) is 0 Å². The van der Waals surface area contributed by atoms with E-state index in [2.05, 4.69) is 403 Å². The molecule has 2 aliphatic carbocycles. The third kappa shape index (κ3) is 11.7. The highest BCUT2D eigenvalue weighted by Gasteiger charge is 2.37. The summed E-state index contributed by atoms with van der Waals surface area (Å²) >= 11 is 0. The highest BCUT2D eigenvalue weighted by molar-refractivity contribution is 6.02. The van der Waals surface area contributed by atoms with Crippen molar-refractivity contribution in [3.05, 3.63) is 404 Å². The van der Waals surface area contributed by atoms with E-state index in [0.717, 1.165) is 86.5 Å². The van der Waals surface area contributed by atoms with E-state index < -0.39 is 0 Å². The van der Waals surface area contributed by atoms with Gasteiger partial charge in [0.2, 0.25) is 0 Å². The van der Waals surface area contributed by atoms with Crippen molar-refractivity contribution in [2.45, 2.75) is 19.8 Å². The number of fused-ring (bicyclic) bond motifs is 4. The van der Waals surface area contributed by atoms with Crippen LogP contribution < -0.4 is 19.6 Å². The lowest BCUT2D eigenvalue weighted by Crippen LogP contribution is -2.33. The van der Waals surface area contributed by atoms with Crippen LogP contribution in [0.25, 0.3) is 43.4 Å². The maximum absolute atomic E-state index is 2.46. The second-order valence-corrected chi connectivity index (χ2v) is 25.2. The van der Waals surface area contributed by atoms with Crippen molar-refractivity contribution >= 4 is 94.9 Å². The van der Waals surface area contributed by atoms with Crippen molar-refractivity contribution in [2.24, 2.45) is 11.3 Å². The molecule has 0 aliphatic heterocycles. The molecule has 2 aliphatic rings. The molecule has 95 heavy (non-hydrogen) atoms. The lowest BCUT2D eigenvalue weighted by molar-refractivity contribution is 0.428. The van der Waals surface area contributed by atoms with Crippen LogP contribution in [0.2, 0.25) is 0 Å². The normalized spacial score (nSPS) is 14.7. The first-order valence-electron chi connectivity index (χ1n) is 33.0. The summed E-state index contributed by atoms with van der Waals surface area (Å²) in [6.07, 6.45) is 17.7. The molecule has 4 nitrogen and oxygen atoms in total. The van der Waals surface area contributed by atoms with E-state index in [1.165, 1.54) is 60.3 Å². The van der Waals surface area contributed by atoms with Crippen LogP contribution in [0.5, 0.6) is 0 Å². The summed E-state index contributed by atoms with van der Waals surface area (Å²) in [5.41, 5.74) is 20.6. The Morgan fingerprint density at radius 2 is 0.558 bits per heavy atom. The number of benzene rings is 14. The molecular weight excluding hydrogens is 1150 g/mol. The lowest BCUT2D eigenvalue weighted by atomic mass is 9.70. The Hall–Kier alpha value is -12.0. The highest BCUT2D eigenvalue weighted by atomic mass is 15.2. The van der Waals surface area contributed by atoms with Crippen molar-refractivity contribution in [1.82, 2.24) is 0 Å². The van der Waals surface area contributed by atoms with E-state index in [4.69, 9.17) is 0 Å². The highest BCUT2D eigenvalue weighted by Crippen LogP contribution is 2.49. The largest absolute Gasteiger partial charge is 0.314 e. The van der Waals surface area contributed by atoms with Gasteiger partial charge in [0.1, 0.15) is 0 Å². The number of hydrogen-bond donors (Lipinski definition) is 0. The molecule has 16 rings (SSSR count). The smallest absolute Gasteiger partial charge is 0.0540 e. The first-order valence-corrected chi connectivity index (χ1v) is 33.0. The fourth-order valence-electron chi connectivity index (χ4n) is 14.2. The summed E-state index contributed by atoms with van der Waals surface area (Å²) < 4.78 is 0. The van der Waals surface area contributed by atoms with Crippen LogP contribution >= 0.6 is 0 Å². The molecule has 0 heterocycles. The van der Waals surface area contributed by atoms with Crippen molar-refractivity contribution in [2.75, 3.05) is 19.6 Å². The summed E-state index contributed by atoms with van der Waals surface area (Å²) in [6.45, 7) is 2.34. The van der Waals surface area contributed by atoms with E-state index in [1.807, 2.05) is 0 Å². The van der Waals surface area contributed by atoms with Gasteiger partial charge in [-0.1, -0.05) is 262 Å². The quantitative estimate of drug-likeness (QED) is 0.0901. The summed E-state index contributed by atoms with van der Waals surface area (Å²) in [5.74, 6) is 0.156. The van der Waals surface area contributed by atoms with Crippen LogP contribution in [-0.2, 0) is 12.8 Å². The number of hydrogen-bond acceptors (Lipinski definition) is 4. The predicted molar refractivity (Wildman–Crippen MR) is 403 cm³/mol. The minimum atomic E-state index is -0.142. The molecule has 2 unspecified atom stereocenters. The number of nitrogens with zero attached hydrogens (tertiary/aromatic N) is 4. The summed E-state index contributed by atoms with van der Waals surface area (Å²) in [6, 6.07) is 122. The van der Waals surface area contributed by atoms with Gasteiger partial charge in [0.25, 0.3) is 0 Å². The van der Waals surface area contributed by atoms with Crippen LogP contribution in [0.1, 0.15) is 29.2 Å². The molecule has 0 amide bonds. The zero-order chi connectivity index (χ0) is 63.5. The van der Waals surface area contributed by atoms with Gasteiger partial charge in [0.15, 0.2) is 0 Å². The molecule has 0 saturated heterocycles. The van der Waals surface area contributed by atoms with Gasteiger partial charge in [-0.3, -0.25) is 0 Å². The molecule has 14 aromatic rings. The molecule has 0 fully saturated rings. The number of rotatable bonds is 17. The molecule has 2 atom stereocenters. The Labute approximate surface area is 557 Å². The Bertz CT molecular complexity index is 5150. The van der Waals surface area contributed by atoms with Gasteiger partial charge in [-0.2, -0.15) is 0 Å². The topological polar surface area (TPSA) is 13.0 Å². The molecule has 4 heteroatoms. The Morgan fingerprint density at radius 1 is 0.263 bits per heavy atom. The molecule has 0 aromatic heterocycles. The molecule has 0 radical (unpaired) electrons. The molecule has 0 N–H and O–H groups in total. The first-order chi connectivity index (χ1) is 46.9. The van der Waals surface area contributed by atoms with Gasteiger partial charge in [-0.15, -0.1) is 0 Å². The van der Waals surface area contributed by atoms with E-state index in [9.17, 15) is 0 Å². The van der Waals surface area contributed by atoms with Crippen LogP contribution in [-0.4, -0.2) is 0 Å². The van der Waals surface area contributed by atoms with Crippen molar-refractivity contribution < 1.29 is 0 Å². The maximum Gasteiger partial charge on any atom is 0.0540 e. The molecule has 0 bridgehead atoms. The average Bonchev–Trinajstić information content (AvgIpc) is 0.783. The molecule has 0 spiro atoms. The molecule has 14 aromatic carbocycles. The zero-order valence-corrected chi connectivity index (χ0v) is 53.1. The van der Waals surface area contributed by atoms with Crippen LogP contribution in [0.4, 0.5) is 62.6 Å². The van der Waals surface area contributed by atoms with Gasteiger partial charge in [0.05, 0.1) is 17.1 Å². The zero-order valence-electron chi connectivity index (χ0n) is 53.1. The fourth-order valence-corrected chi connectivity index (χ4v) is 14.2. The monoisotopic (exact) mass is 1220 g/mol. The minimum Gasteiger partial charge on any atom is -0.314 e. The van der Waals surface area contributed by atoms with E-state index >= 15 is 0 Å². The summed E-state index contributed by atoms with van der Waals surface area (Å²) in [7, 11) is 0. The number of anilines is 11. The van der Waals surface area contributed by atoms with Gasteiger partial charge in [0, 0.05) is 78.7 Å². The lowest BCUT2D eigenvalue weighted by Gasteiger charge is -2.41. The number of allylic oxidation sites excluding steroid dienone is 7. The SMILES string of the molecule is CC12C=CC=CC1C(N(c1ccc(Cc3ccccc3)cc1)c1ccc(N(c3ccc(-c4ccc(N(c5ccc(N(c6ccc(Cc7ccccc7)cc6)c6cccc7ccccc67)cc5)c5cccc6ccccc56)cc4)cc3)c3cccc4ccccc34)cc1)=CC=C2. The van der Waals surface area contributed by atoms with Gasteiger partial charge in [-0.25, -0.2) is 0 Å².